The van der Waals surface area contributed by atoms with Crippen molar-refractivity contribution in [3.8, 4) is 17.6 Å². The normalized spacial score (nSPS) is 18.4. The molecule has 0 radical (unpaired) electrons. The predicted octanol–water partition coefficient (Wildman–Crippen LogP) is 4.76. The van der Waals surface area contributed by atoms with Crippen LogP contribution in [0.3, 0.4) is 0 Å². The molecule has 3 nitrogen and oxygen atoms in total. The molecule has 1 aliphatic heterocycles. The average molecular weight is 478 g/mol. The summed E-state index contributed by atoms with van der Waals surface area (Å²) < 4.78 is 0.896. The SMILES string of the molecule is CCN(CC)C1CCN(Cc2cc(C#CC3=CCCC3)cc(I)c2O)CC1. The molecule has 1 aliphatic carbocycles. The number of hydrogen-bond donors (Lipinski definition) is 1. The standard InChI is InChI=1S/C23H31IN2O/c1-3-26(4-2)21-11-13-25(14-12-21)17-20-15-19(16-22(24)23(20)27)10-9-18-7-5-6-8-18/h7,15-16,21,27H,3-6,8,11-14,17H2,1-2H3. The molecular weight excluding hydrogens is 447 g/mol. The van der Waals surface area contributed by atoms with Gasteiger partial charge in [0.05, 0.1) is 3.57 Å². The fourth-order valence-electron chi connectivity index (χ4n) is 4.21. The Morgan fingerprint density at radius 1 is 1.19 bits per heavy atom. The minimum Gasteiger partial charge on any atom is -0.507 e. The Labute approximate surface area is 178 Å². The van der Waals surface area contributed by atoms with Crippen molar-refractivity contribution in [3.63, 3.8) is 0 Å². The molecule has 1 heterocycles. The molecule has 0 atom stereocenters. The smallest absolute Gasteiger partial charge is 0.133 e. The van der Waals surface area contributed by atoms with Gasteiger partial charge in [0.1, 0.15) is 5.75 Å². The summed E-state index contributed by atoms with van der Waals surface area (Å²) in [5.41, 5.74) is 3.28. The van der Waals surface area contributed by atoms with E-state index in [0.29, 0.717) is 11.8 Å². The van der Waals surface area contributed by atoms with Crippen molar-refractivity contribution in [2.45, 2.75) is 58.5 Å². The van der Waals surface area contributed by atoms with Gasteiger partial charge in [-0.05, 0) is 98.6 Å². The summed E-state index contributed by atoms with van der Waals surface area (Å²) in [4.78, 5) is 5.05. The quantitative estimate of drug-likeness (QED) is 0.488. The Morgan fingerprint density at radius 3 is 2.56 bits per heavy atom. The molecule has 0 saturated carbocycles. The Hall–Kier alpha value is -1.03. The van der Waals surface area contributed by atoms with Gasteiger partial charge in [-0.25, -0.2) is 0 Å². The van der Waals surface area contributed by atoms with Crippen LogP contribution in [0.15, 0.2) is 23.8 Å². The molecule has 0 aromatic heterocycles. The third-order valence-electron chi connectivity index (χ3n) is 5.83. The van der Waals surface area contributed by atoms with Crippen LogP contribution in [-0.4, -0.2) is 47.1 Å². The van der Waals surface area contributed by atoms with Gasteiger partial charge in [-0.2, -0.15) is 0 Å². The monoisotopic (exact) mass is 478 g/mol. The maximum absolute atomic E-state index is 10.5. The molecule has 146 valence electrons. The van der Waals surface area contributed by atoms with Crippen LogP contribution < -0.4 is 0 Å². The summed E-state index contributed by atoms with van der Waals surface area (Å²) in [6.45, 7) is 9.79. The number of likely N-dealkylation sites (tertiary alicyclic amines) is 1. The lowest BCUT2D eigenvalue weighted by atomic mass is 10.0. The first-order valence-electron chi connectivity index (χ1n) is 10.3. The number of phenols is 1. The molecule has 1 fully saturated rings. The highest BCUT2D eigenvalue weighted by molar-refractivity contribution is 14.1. The molecule has 0 amide bonds. The molecule has 1 aromatic carbocycles. The fourth-order valence-corrected chi connectivity index (χ4v) is 4.89. The first kappa shape index (κ1) is 20.7. The lowest BCUT2D eigenvalue weighted by Crippen LogP contribution is -2.44. The van der Waals surface area contributed by atoms with Gasteiger partial charge in [0, 0.05) is 23.7 Å². The van der Waals surface area contributed by atoms with Gasteiger partial charge >= 0.3 is 0 Å². The first-order valence-corrected chi connectivity index (χ1v) is 11.4. The number of nitrogens with zero attached hydrogens (tertiary/aromatic N) is 2. The fraction of sp³-hybridized carbons (Fsp3) is 0.565. The highest BCUT2D eigenvalue weighted by atomic mass is 127. The number of piperidine rings is 1. The minimum absolute atomic E-state index is 0.423. The Balaban J connectivity index is 1.66. The van der Waals surface area contributed by atoms with Gasteiger partial charge in [-0.3, -0.25) is 4.90 Å². The number of halogens is 1. The number of rotatable bonds is 5. The van der Waals surface area contributed by atoms with Crippen LogP contribution >= 0.6 is 22.6 Å². The summed E-state index contributed by atoms with van der Waals surface area (Å²) >= 11 is 2.22. The highest BCUT2D eigenvalue weighted by Crippen LogP contribution is 2.28. The Morgan fingerprint density at radius 2 is 1.93 bits per heavy atom. The molecular formula is C23H31IN2O. The van der Waals surface area contributed by atoms with Crippen LogP contribution in [0, 0.1) is 15.4 Å². The van der Waals surface area contributed by atoms with Crippen molar-refractivity contribution in [1.29, 1.82) is 0 Å². The van der Waals surface area contributed by atoms with Gasteiger partial charge in [0.15, 0.2) is 0 Å². The zero-order chi connectivity index (χ0) is 19.2. The second kappa shape index (κ2) is 9.95. The van der Waals surface area contributed by atoms with E-state index < -0.39 is 0 Å². The highest BCUT2D eigenvalue weighted by Gasteiger charge is 2.23. The molecule has 27 heavy (non-hydrogen) atoms. The van der Waals surface area contributed by atoms with E-state index in [1.54, 1.807) is 0 Å². The van der Waals surface area contributed by atoms with Crippen LogP contribution in [0.5, 0.6) is 5.75 Å². The second-order valence-electron chi connectivity index (χ2n) is 7.57. The summed E-state index contributed by atoms with van der Waals surface area (Å²) in [5.74, 6) is 7.05. The average Bonchev–Trinajstić information content (AvgIpc) is 3.20. The number of hydrogen-bond acceptors (Lipinski definition) is 3. The maximum atomic E-state index is 10.5. The summed E-state index contributed by atoms with van der Waals surface area (Å²) in [7, 11) is 0. The van der Waals surface area contributed by atoms with Crippen molar-refractivity contribution in [2.75, 3.05) is 26.2 Å². The largest absolute Gasteiger partial charge is 0.507 e. The molecule has 1 aromatic rings. The maximum Gasteiger partial charge on any atom is 0.133 e. The third-order valence-corrected chi connectivity index (χ3v) is 6.65. The van der Waals surface area contributed by atoms with Crippen LogP contribution in [0.25, 0.3) is 0 Å². The zero-order valence-corrected chi connectivity index (χ0v) is 18.8. The van der Waals surface area contributed by atoms with Crippen molar-refractivity contribution < 1.29 is 5.11 Å². The van der Waals surface area contributed by atoms with Crippen LogP contribution in [0.2, 0.25) is 0 Å². The number of phenolic OH excluding ortho intramolecular Hbond substituents is 1. The number of aromatic hydroxyl groups is 1. The summed E-state index contributed by atoms with van der Waals surface area (Å²) in [6.07, 6.45) is 8.17. The van der Waals surface area contributed by atoms with Crippen LogP contribution in [0.1, 0.15) is 57.1 Å². The lowest BCUT2D eigenvalue weighted by molar-refractivity contribution is 0.112. The third kappa shape index (κ3) is 5.49. The Bertz CT molecular complexity index is 735. The molecule has 2 aliphatic rings. The predicted molar refractivity (Wildman–Crippen MR) is 121 cm³/mol. The minimum atomic E-state index is 0.423. The zero-order valence-electron chi connectivity index (χ0n) is 16.6. The molecule has 1 saturated heterocycles. The number of benzene rings is 1. The van der Waals surface area contributed by atoms with E-state index in [-0.39, 0.29) is 0 Å². The van der Waals surface area contributed by atoms with Gasteiger partial charge in [0.25, 0.3) is 0 Å². The molecule has 3 rings (SSSR count). The summed E-state index contributed by atoms with van der Waals surface area (Å²) in [5, 5.41) is 10.5. The van der Waals surface area contributed by atoms with E-state index in [2.05, 4.69) is 70.2 Å². The van der Waals surface area contributed by atoms with Crippen LogP contribution in [0.4, 0.5) is 0 Å². The van der Waals surface area contributed by atoms with E-state index >= 15 is 0 Å². The summed E-state index contributed by atoms with van der Waals surface area (Å²) in [6, 6.07) is 4.78. The second-order valence-corrected chi connectivity index (χ2v) is 8.73. The van der Waals surface area contributed by atoms with Gasteiger partial charge in [-0.1, -0.05) is 31.8 Å². The molecule has 4 heteroatoms. The van der Waals surface area contributed by atoms with E-state index in [9.17, 15) is 5.11 Å². The van der Waals surface area contributed by atoms with Crippen molar-refractivity contribution in [1.82, 2.24) is 9.80 Å². The lowest BCUT2D eigenvalue weighted by Gasteiger charge is -2.37. The topological polar surface area (TPSA) is 26.7 Å². The van der Waals surface area contributed by atoms with E-state index in [0.717, 1.165) is 60.3 Å². The van der Waals surface area contributed by atoms with Gasteiger partial charge in [0.2, 0.25) is 0 Å². The van der Waals surface area contributed by atoms with Crippen LogP contribution in [-0.2, 0) is 6.54 Å². The molecule has 1 N–H and O–H groups in total. The first-order chi connectivity index (χ1) is 13.1. The van der Waals surface area contributed by atoms with Crippen molar-refractivity contribution in [2.24, 2.45) is 0 Å². The number of allylic oxidation sites excluding steroid dienone is 2. The molecule has 0 spiro atoms. The van der Waals surface area contributed by atoms with Crippen molar-refractivity contribution >= 4 is 22.6 Å². The Kier molecular flexibility index (Phi) is 7.63. The van der Waals surface area contributed by atoms with E-state index in [1.165, 1.54) is 24.8 Å². The van der Waals surface area contributed by atoms with Crippen molar-refractivity contribution in [3.05, 3.63) is 38.5 Å². The van der Waals surface area contributed by atoms with E-state index in [4.69, 9.17) is 0 Å². The van der Waals surface area contributed by atoms with Gasteiger partial charge in [-0.15, -0.1) is 0 Å². The molecule has 0 unspecified atom stereocenters. The molecule has 0 bridgehead atoms. The van der Waals surface area contributed by atoms with E-state index in [1.807, 2.05) is 6.07 Å². The van der Waals surface area contributed by atoms with Gasteiger partial charge < -0.3 is 10.0 Å².